The number of hydrogen-bond donors (Lipinski definition) is 0. The van der Waals surface area contributed by atoms with Crippen LogP contribution in [-0.2, 0) is 5.41 Å². The summed E-state index contributed by atoms with van der Waals surface area (Å²) in [7, 11) is 0. The van der Waals surface area contributed by atoms with Crippen LogP contribution in [0.25, 0.3) is 76.5 Å². The van der Waals surface area contributed by atoms with Gasteiger partial charge in [0.15, 0.2) is 0 Å². The van der Waals surface area contributed by atoms with Crippen molar-refractivity contribution in [2.24, 2.45) is 0 Å². The highest BCUT2D eigenvalue weighted by molar-refractivity contribution is 6.23. The molecule has 0 fully saturated rings. The maximum atomic E-state index is 2.45. The van der Waals surface area contributed by atoms with Crippen LogP contribution in [0.4, 0.5) is 0 Å². The molecule has 0 atom stereocenters. The molecule has 0 aliphatic rings. The number of rotatable bonds is 3. The Bertz CT molecular complexity index is 2340. The lowest BCUT2D eigenvalue weighted by Crippen LogP contribution is -2.10. The summed E-state index contributed by atoms with van der Waals surface area (Å²) in [4.78, 5) is 0. The second-order valence-corrected chi connectivity index (χ2v) is 13.0. The minimum Gasteiger partial charge on any atom is -0.0616 e. The maximum absolute atomic E-state index is 2.45. The largest absolute Gasteiger partial charge is 0.0616 e. The van der Waals surface area contributed by atoms with E-state index in [-0.39, 0.29) is 5.41 Å². The average molecular weight is 563 g/mol. The Morgan fingerprint density at radius 3 is 1.66 bits per heavy atom. The van der Waals surface area contributed by atoms with Crippen molar-refractivity contribution in [1.82, 2.24) is 0 Å². The van der Waals surface area contributed by atoms with Crippen LogP contribution in [0.3, 0.4) is 0 Å². The first-order chi connectivity index (χ1) is 21.5. The Labute approximate surface area is 259 Å². The van der Waals surface area contributed by atoms with Gasteiger partial charge in [-0.2, -0.15) is 0 Å². The Balaban J connectivity index is 1.41. The van der Waals surface area contributed by atoms with Gasteiger partial charge in [0.05, 0.1) is 0 Å². The first kappa shape index (κ1) is 26.4. The van der Waals surface area contributed by atoms with Gasteiger partial charge < -0.3 is 0 Å². The van der Waals surface area contributed by atoms with E-state index in [1.54, 1.807) is 0 Å². The highest BCUT2D eigenvalue weighted by Crippen LogP contribution is 2.46. The van der Waals surface area contributed by atoms with Crippen molar-refractivity contribution < 1.29 is 0 Å². The monoisotopic (exact) mass is 562 g/mol. The normalized spacial score (nSPS) is 12.0. The van der Waals surface area contributed by atoms with Gasteiger partial charge in [0, 0.05) is 0 Å². The van der Waals surface area contributed by atoms with Gasteiger partial charge in [-0.25, -0.2) is 0 Å². The van der Waals surface area contributed by atoms with Crippen LogP contribution in [0.5, 0.6) is 0 Å². The smallest absolute Gasteiger partial charge is 0.00201 e. The zero-order valence-corrected chi connectivity index (χ0v) is 25.4. The van der Waals surface area contributed by atoms with E-state index in [1.165, 1.54) is 82.0 Å². The summed E-state index contributed by atoms with van der Waals surface area (Å²) in [6, 6.07) is 56.1. The van der Waals surface area contributed by atoms with E-state index >= 15 is 0 Å². The highest BCUT2D eigenvalue weighted by atomic mass is 14.2. The van der Waals surface area contributed by atoms with Gasteiger partial charge >= 0.3 is 0 Å². The molecule has 0 aromatic heterocycles. The zero-order valence-electron chi connectivity index (χ0n) is 25.4. The summed E-state index contributed by atoms with van der Waals surface area (Å²) in [6.45, 7) is 6.91. The summed E-state index contributed by atoms with van der Waals surface area (Å²) < 4.78 is 0. The Morgan fingerprint density at radius 2 is 0.909 bits per heavy atom. The van der Waals surface area contributed by atoms with Crippen molar-refractivity contribution >= 4 is 43.1 Å². The molecule has 0 unspecified atom stereocenters. The minimum atomic E-state index is 0.0383. The summed E-state index contributed by atoms with van der Waals surface area (Å²) >= 11 is 0. The minimum absolute atomic E-state index is 0.0383. The molecule has 0 heterocycles. The molecule has 0 N–H and O–H groups in total. The van der Waals surface area contributed by atoms with Gasteiger partial charge in [0.2, 0.25) is 0 Å². The molecule has 0 heteroatoms. The van der Waals surface area contributed by atoms with Gasteiger partial charge in [-0.3, -0.25) is 0 Å². The van der Waals surface area contributed by atoms with Crippen LogP contribution in [-0.4, -0.2) is 0 Å². The Hall–Kier alpha value is -5.20. The first-order valence-electron chi connectivity index (χ1n) is 15.5. The van der Waals surface area contributed by atoms with Gasteiger partial charge in [-0.1, -0.05) is 160 Å². The lowest BCUT2D eigenvalue weighted by atomic mass is 9.80. The molecule has 210 valence electrons. The number of fused-ring (bicyclic) bond motifs is 4. The zero-order chi connectivity index (χ0) is 29.8. The van der Waals surface area contributed by atoms with E-state index < -0.39 is 0 Å². The van der Waals surface area contributed by atoms with E-state index in [4.69, 9.17) is 0 Å². The summed E-state index contributed by atoms with van der Waals surface area (Å²) in [5.74, 6) is 0. The topological polar surface area (TPSA) is 0 Å². The SMILES string of the molecule is CC(C)(C)c1ccc2c(-c3cccc4ccccc34)c3ccccc3c(-c3ccc(-c4ccc5ccccc5c4)cc3)c2c1. The van der Waals surface area contributed by atoms with Crippen molar-refractivity contribution in [3.63, 3.8) is 0 Å². The third-order valence-electron chi connectivity index (χ3n) is 9.21. The second kappa shape index (κ2) is 10.2. The molecule has 0 saturated carbocycles. The van der Waals surface area contributed by atoms with Gasteiger partial charge in [-0.05, 0) is 99.6 Å². The summed E-state index contributed by atoms with van der Waals surface area (Å²) in [5, 5.41) is 10.3. The number of hydrogen-bond acceptors (Lipinski definition) is 0. The van der Waals surface area contributed by atoms with Crippen LogP contribution in [0.15, 0.2) is 152 Å². The van der Waals surface area contributed by atoms with Gasteiger partial charge in [-0.15, -0.1) is 0 Å². The molecular formula is C44H34. The highest BCUT2D eigenvalue weighted by Gasteiger charge is 2.21. The molecular weight excluding hydrogens is 528 g/mol. The molecule has 0 aliphatic carbocycles. The second-order valence-electron chi connectivity index (χ2n) is 13.0. The molecule has 0 amide bonds. The maximum Gasteiger partial charge on any atom is -0.00201 e. The molecule has 0 bridgehead atoms. The molecule has 8 aromatic rings. The predicted molar refractivity (Wildman–Crippen MR) is 191 cm³/mol. The van der Waals surface area contributed by atoms with Crippen LogP contribution < -0.4 is 0 Å². The van der Waals surface area contributed by atoms with Crippen LogP contribution >= 0.6 is 0 Å². The molecule has 8 aromatic carbocycles. The van der Waals surface area contributed by atoms with Crippen LogP contribution in [0.2, 0.25) is 0 Å². The molecule has 8 rings (SSSR count). The average Bonchev–Trinajstić information content (AvgIpc) is 3.06. The lowest BCUT2D eigenvalue weighted by Gasteiger charge is -2.23. The van der Waals surface area contributed by atoms with E-state index in [0.717, 1.165) is 0 Å². The van der Waals surface area contributed by atoms with Crippen molar-refractivity contribution in [2.75, 3.05) is 0 Å². The Kier molecular flexibility index (Phi) is 6.13. The molecule has 0 nitrogen and oxygen atoms in total. The van der Waals surface area contributed by atoms with Crippen molar-refractivity contribution in [3.05, 3.63) is 157 Å². The standard InChI is InChI=1S/C44H34/c1-44(2,3)35-25-26-40-41(28-35)42(32-22-19-30(20-23-32)34-24-21-29-11-4-5-13-33(29)27-34)38-16-8-9-17-39(38)43(40)37-18-10-14-31-12-6-7-15-36(31)37/h4-28H,1-3H3. The third kappa shape index (κ3) is 4.38. The van der Waals surface area contributed by atoms with Crippen LogP contribution in [0.1, 0.15) is 26.3 Å². The molecule has 0 saturated heterocycles. The van der Waals surface area contributed by atoms with Crippen LogP contribution in [0, 0.1) is 0 Å². The Morgan fingerprint density at radius 1 is 0.341 bits per heavy atom. The van der Waals surface area contributed by atoms with Crippen molar-refractivity contribution in [2.45, 2.75) is 26.2 Å². The van der Waals surface area contributed by atoms with E-state index in [0.29, 0.717) is 0 Å². The van der Waals surface area contributed by atoms with E-state index in [9.17, 15) is 0 Å². The molecule has 0 radical (unpaired) electrons. The summed E-state index contributed by atoms with van der Waals surface area (Å²) in [5.41, 5.74) is 8.99. The third-order valence-corrected chi connectivity index (χ3v) is 9.21. The fraction of sp³-hybridized carbons (Fsp3) is 0.0909. The quantitative estimate of drug-likeness (QED) is 0.188. The summed E-state index contributed by atoms with van der Waals surface area (Å²) in [6.07, 6.45) is 0. The lowest BCUT2D eigenvalue weighted by molar-refractivity contribution is 0.591. The molecule has 0 spiro atoms. The molecule has 44 heavy (non-hydrogen) atoms. The fourth-order valence-electron chi connectivity index (χ4n) is 6.89. The van der Waals surface area contributed by atoms with E-state index in [2.05, 4.69) is 172 Å². The van der Waals surface area contributed by atoms with Crippen molar-refractivity contribution in [3.8, 4) is 33.4 Å². The molecule has 0 aliphatic heterocycles. The first-order valence-corrected chi connectivity index (χ1v) is 15.5. The van der Waals surface area contributed by atoms with Gasteiger partial charge in [0.1, 0.15) is 0 Å². The fourth-order valence-corrected chi connectivity index (χ4v) is 6.89. The van der Waals surface area contributed by atoms with E-state index in [1.807, 2.05) is 0 Å². The van der Waals surface area contributed by atoms with Crippen molar-refractivity contribution in [1.29, 1.82) is 0 Å². The van der Waals surface area contributed by atoms with Gasteiger partial charge in [0.25, 0.3) is 0 Å². The number of benzene rings is 8. The predicted octanol–water partition coefficient (Wildman–Crippen LogP) is 12.6.